The second-order valence-corrected chi connectivity index (χ2v) is 4.04. The number of rotatable bonds is 2. The standard InChI is InChI=1S/C11H13FN2O/c1-7-3-2-4-8(12)9(7)14-10(15)11(13)5-6-11/h2-4H,5-6,13H2,1H3,(H,14,15). The fourth-order valence-electron chi connectivity index (χ4n) is 1.39. The molecule has 0 spiro atoms. The van der Waals surface area contributed by atoms with E-state index in [-0.39, 0.29) is 11.6 Å². The average molecular weight is 208 g/mol. The lowest BCUT2D eigenvalue weighted by molar-refractivity contribution is -0.118. The predicted octanol–water partition coefficient (Wildman–Crippen LogP) is 1.56. The van der Waals surface area contributed by atoms with Gasteiger partial charge in [-0.15, -0.1) is 0 Å². The van der Waals surface area contributed by atoms with Gasteiger partial charge in [0.15, 0.2) is 0 Å². The van der Waals surface area contributed by atoms with E-state index in [1.54, 1.807) is 19.1 Å². The zero-order valence-electron chi connectivity index (χ0n) is 8.51. The molecule has 1 aromatic carbocycles. The third-order valence-corrected chi connectivity index (χ3v) is 2.70. The number of carbonyl (C=O) groups excluding carboxylic acids is 1. The summed E-state index contributed by atoms with van der Waals surface area (Å²) in [5.41, 5.74) is 5.87. The van der Waals surface area contributed by atoms with Crippen LogP contribution in [0.4, 0.5) is 10.1 Å². The maximum Gasteiger partial charge on any atom is 0.244 e. The Labute approximate surface area is 87.5 Å². The molecule has 0 aromatic heterocycles. The Kier molecular flexibility index (Phi) is 2.23. The third-order valence-electron chi connectivity index (χ3n) is 2.70. The van der Waals surface area contributed by atoms with Crippen molar-refractivity contribution in [2.45, 2.75) is 25.3 Å². The van der Waals surface area contributed by atoms with Crippen LogP contribution in [0, 0.1) is 12.7 Å². The molecule has 0 atom stereocenters. The van der Waals surface area contributed by atoms with Crippen molar-refractivity contribution >= 4 is 11.6 Å². The number of nitrogens with two attached hydrogens (primary N) is 1. The molecule has 0 saturated heterocycles. The molecule has 0 aliphatic heterocycles. The molecule has 3 N–H and O–H groups in total. The maximum absolute atomic E-state index is 13.4. The van der Waals surface area contributed by atoms with Gasteiger partial charge in [-0.25, -0.2) is 4.39 Å². The molecule has 4 heteroatoms. The topological polar surface area (TPSA) is 55.1 Å². The van der Waals surface area contributed by atoms with Gasteiger partial charge in [0.2, 0.25) is 5.91 Å². The molecule has 3 nitrogen and oxygen atoms in total. The summed E-state index contributed by atoms with van der Waals surface area (Å²) in [5.74, 6) is -0.719. The molecule has 0 radical (unpaired) electrons. The summed E-state index contributed by atoms with van der Waals surface area (Å²) in [6.07, 6.45) is 1.35. The fraction of sp³-hybridized carbons (Fsp3) is 0.364. The van der Waals surface area contributed by atoms with Crippen LogP contribution in [0.25, 0.3) is 0 Å². The van der Waals surface area contributed by atoms with E-state index in [1.807, 2.05) is 0 Å². The minimum atomic E-state index is -0.769. The number of hydrogen-bond acceptors (Lipinski definition) is 2. The lowest BCUT2D eigenvalue weighted by atomic mass is 10.1. The maximum atomic E-state index is 13.4. The summed E-state index contributed by atoms with van der Waals surface area (Å²) in [6, 6.07) is 4.67. The molecule has 15 heavy (non-hydrogen) atoms. The van der Waals surface area contributed by atoms with Crippen LogP contribution in [0.3, 0.4) is 0 Å². The SMILES string of the molecule is Cc1cccc(F)c1NC(=O)C1(N)CC1. The lowest BCUT2D eigenvalue weighted by Crippen LogP contribution is -2.38. The van der Waals surface area contributed by atoms with Crippen LogP contribution in [0.2, 0.25) is 0 Å². The van der Waals surface area contributed by atoms with Crippen LogP contribution in [0.1, 0.15) is 18.4 Å². The van der Waals surface area contributed by atoms with Crippen molar-refractivity contribution in [1.29, 1.82) is 0 Å². The number of nitrogens with one attached hydrogen (secondary N) is 1. The molecule has 1 aliphatic carbocycles. The Morgan fingerprint density at radius 2 is 2.20 bits per heavy atom. The summed E-state index contributed by atoms with van der Waals surface area (Å²) in [5, 5.41) is 2.54. The molecule has 0 unspecified atom stereocenters. The monoisotopic (exact) mass is 208 g/mol. The van der Waals surface area contributed by atoms with E-state index in [2.05, 4.69) is 5.32 Å². The first-order valence-corrected chi connectivity index (χ1v) is 4.88. The normalized spacial score (nSPS) is 17.3. The van der Waals surface area contributed by atoms with Crippen molar-refractivity contribution in [3.8, 4) is 0 Å². The molecule has 1 fully saturated rings. The number of para-hydroxylation sites is 1. The molecular formula is C11H13FN2O. The summed E-state index contributed by atoms with van der Waals surface area (Å²) >= 11 is 0. The largest absolute Gasteiger partial charge is 0.322 e. The van der Waals surface area contributed by atoms with Gasteiger partial charge in [0.25, 0.3) is 0 Å². The van der Waals surface area contributed by atoms with Gasteiger partial charge in [0.05, 0.1) is 11.2 Å². The molecule has 1 saturated carbocycles. The van der Waals surface area contributed by atoms with Crippen LogP contribution < -0.4 is 11.1 Å². The molecule has 80 valence electrons. The Hall–Kier alpha value is -1.42. The number of hydrogen-bond donors (Lipinski definition) is 2. The van der Waals surface area contributed by atoms with Crippen LogP contribution in [-0.4, -0.2) is 11.4 Å². The third kappa shape index (κ3) is 1.85. The first kappa shape index (κ1) is 10.1. The van der Waals surface area contributed by atoms with E-state index in [1.165, 1.54) is 6.07 Å². The quantitative estimate of drug-likeness (QED) is 0.775. The number of amides is 1. The van der Waals surface area contributed by atoms with Gasteiger partial charge in [-0.2, -0.15) is 0 Å². The molecule has 1 aromatic rings. The van der Waals surface area contributed by atoms with E-state index in [0.717, 1.165) is 0 Å². The first-order valence-electron chi connectivity index (χ1n) is 4.88. The Balaban J connectivity index is 2.20. The zero-order valence-corrected chi connectivity index (χ0v) is 8.51. The van der Waals surface area contributed by atoms with Crippen LogP contribution in [-0.2, 0) is 4.79 Å². The van der Waals surface area contributed by atoms with Crippen molar-refractivity contribution in [2.24, 2.45) is 5.73 Å². The molecule has 0 bridgehead atoms. The van der Waals surface area contributed by atoms with Gasteiger partial charge in [0.1, 0.15) is 5.82 Å². The smallest absolute Gasteiger partial charge is 0.244 e. The molecular weight excluding hydrogens is 195 g/mol. The van der Waals surface area contributed by atoms with E-state index in [0.29, 0.717) is 18.4 Å². The number of benzene rings is 1. The molecule has 1 aliphatic rings. The van der Waals surface area contributed by atoms with Crippen molar-refractivity contribution in [2.75, 3.05) is 5.32 Å². The number of aryl methyl sites for hydroxylation is 1. The average Bonchev–Trinajstić information content (AvgIpc) is 2.91. The van der Waals surface area contributed by atoms with Crippen LogP contribution in [0.15, 0.2) is 18.2 Å². The molecule has 0 heterocycles. The second-order valence-electron chi connectivity index (χ2n) is 4.04. The Morgan fingerprint density at radius 1 is 1.53 bits per heavy atom. The van der Waals surface area contributed by atoms with Gasteiger partial charge in [-0.05, 0) is 31.4 Å². The lowest BCUT2D eigenvalue weighted by Gasteiger charge is -2.12. The van der Waals surface area contributed by atoms with Crippen molar-refractivity contribution in [1.82, 2.24) is 0 Å². The highest BCUT2D eigenvalue weighted by Crippen LogP contribution is 2.34. The van der Waals surface area contributed by atoms with Gasteiger partial charge < -0.3 is 11.1 Å². The summed E-state index contributed by atoms with van der Waals surface area (Å²) in [7, 11) is 0. The fourth-order valence-corrected chi connectivity index (χ4v) is 1.39. The molecule has 1 amide bonds. The molecule has 2 rings (SSSR count). The second kappa shape index (κ2) is 3.31. The Morgan fingerprint density at radius 3 is 2.73 bits per heavy atom. The number of carbonyl (C=O) groups is 1. The number of anilines is 1. The summed E-state index contributed by atoms with van der Waals surface area (Å²) < 4.78 is 13.4. The van der Waals surface area contributed by atoms with Crippen molar-refractivity contribution < 1.29 is 9.18 Å². The highest BCUT2D eigenvalue weighted by atomic mass is 19.1. The van der Waals surface area contributed by atoms with Crippen molar-refractivity contribution in [3.05, 3.63) is 29.6 Å². The van der Waals surface area contributed by atoms with Gasteiger partial charge >= 0.3 is 0 Å². The minimum Gasteiger partial charge on any atom is -0.322 e. The Bertz CT molecular complexity index is 393. The number of halogens is 1. The van der Waals surface area contributed by atoms with E-state index in [9.17, 15) is 9.18 Å². The van der Waals surface area contributed by atoms with E-state index in [4.69, 9.17) is 5.73 Å². The summed E-state index contributed by atoms with van der Waals surface area (Å²) in [4.78, 5) is 11.6. The highest BCUT2D eigenvalue weighted by Gasteiger charge is 2.46. The van der Waals surface area contributed by atoms with E-state index >= 15 is 0 Å². The first-order chi connectivity index (χ1) is 7.03. The highest BCUT2D eigenvalue weighted by molar-refractivity contribution is 6.00. The van der Waals surface area contributed by atoms with E-state index < -0.39 is 11.4 Å². The summed E-state index contributed by atoms with van der Waals surface area (Å²) in [6.45, 7) is 1.74. The predicted molar refractivity (Wildman–Crippen MR) is 55.9 cm³/mol. The van der Waals surface area contributed by atoms with Crippen LogP contribution in [0.5, 0.6) is 0 Å². The zero-order chi connectivity index (χ0) is 11.1. The van der Waals surface area contributed by atoms with Gasteiger partial charge in [-0.3, -0.25) is 4.79 Å². The minimum absolute atomic E-state index is 0.235. The van der Waals surface area contributed by atoms with Crippen molar-refractivity contribution in [3.63, 3.8) is 0 Å². The van der Waals surface area contributed by atoms with Gasteiger partial charge in [0, 0.05) is 0 Å². The van der Waals surface area contributed by atoms with Gasteiger partial charge in [-0.1, -0.05) is 12.1 Å². The van der Waals surface area contributed by atoms with Crippen LogP contribution >= 0.6 is 0 Å².